The van der Waals surface area contributed by atoms with E-state index < -0.39 is 17.4 Å². The summed E-state index contributed by atoms with van der Waals surface area (Å²) in [6.45, 7) is 0. The summed E-state index contributed by atoms with van der Waals surface area (Å²) in [4.78, 5) is 22.2. The number of hydrogen-bond acceptors (Lipinski definition) is 2. The molecule has 0 saturated heterocycles. The molecule has 0 saturated carbocycles. The maximum atomic E-state index is 11.1. The Hall–Kier alpha value is -3.96. The predicted octanol–water partition coefficient (Wildman–Crippen LogP) is 4.71. The average Bonchev–Trinajstić information content (AvgIpc) is 2.81. The second-order valence-electron chi connectivity index (χ2n) is 6.88. The van der Waals surface area contributed by atoms with E-state index in [2.05, 4.69) is 48.5 Å². The smallest absolute Gasteiger partial charge is 0.325 e. The molecular formula is C26H24O5. The zero-order valence-corrected chi connectivity index (χ0v) is 16.8. The Labute approximate surface area is 180 Å². The summed E-state index contributed by atoms with van der Waals surface area (Å²) in [7, 11) is 0. The number of aliphatic carboxylic acids is 2. The maximum Gasteiger partial charge on any atom is 0.325 e. The molecule has 158 valence electrons. The molecule has 1 aliphatic carbocycles. The van der Waals surface area contributed by atoms with Gasteiger partial charge in [0.15, 0.2) is 5.41 Å². The van der Waals surface area contributed by atoms with E-state index in [4.69, 9.17) is 10.2 Å². The van der Waals surface area contributed by atoms with Crippen LogP contribution in [0.5, 0.6) is 0 Å². The fraction of sp³-hybridized carbons (Fsp3) is 0.0769. The molecule has 0 radical (unpaired) electrons. The first-order valence-electron chi connectivity index (χ1n) is 9.55. The largest absolute Gasteiger partial charge is 0.480 e. The van der Waals surface area contributed by atoms with Crippen molar-refractivity contribution in [3.63, 3.8) is 0 Å². The number of allylic oxidation sites excluding steroid dienone is 3. The highest BCUT2D eigenvalue weighted by Crippen LogP contribution is 2.33. The number of carbonyl (C=O) groups is 2. The van der Waals surface area contributed by atoms with E-state index in [1.165, 1.54) is 17.2 Å². The fourth-order valence-electron chi connectivity index (χ4n) is 3.15. The van der Waals surface area contributed by atoms with Crippen LogP contribution in [-0.2, 0) is 9.59 Å². The summed E-state index contributed by atoms with van der Waals surface area (Å²) in [5.41, 5.74) is 2.50. The van der Waals surface area contributed by atoms with Gasteiger partial charge in [-0.3, -0.25) is 9.59 Å². The van der Waals surface area contributed by atoms with Crippen molar-refractivity contribution in [2.75, 3.05) is 0 Å². The molecule has 0 aromatic heterocycles. The van der Waals surface area contributed by atoms with Gasteiger partial charge in [-0.1, -0.05) is 109 Å². The minimum Gasteiger partial charge on any atom is -0.480 e. The van der Waals surface area contributed by atoms with E-state index >= 15 is 0 Å². The van der Waals surface area contributed by atoms with Gasteiger partial charge >= 0.3 is 11.9 Å². The third-order valence-corrected chi connectivity index (χ3v) is 4.94. The van der Waals surface area contributed by atoms with Crippen molar-refractivity contribution >= 4 is 17.5 Å². The molecule has 0 aliphatic heterocycles. The molecule has 4 rings (SSSR count). The van der Waals surface area contributed by atoms with Gasteiger partial charge in [-0.05, 0) is 28.7 Å². The van der Waals surface area contributed by atoms with Crippen LogP contribution in [0.4, 0.5) is 0 Å². The van der Waals surface area contributed by atoms with Crippen molar-refractivity contribution in [3.8, 4) is 11.1 Å². The molecule has 0 bridgehead atoms. The Morgan fingerprint density at radius 3 is 1.35 bits per heavy atom. The molecule has 0 atom stereocenters. The third kappa shape index (κ3) is 5.56. The van der Waals surface area contributed by atoms with E-state index in [0.29, 0.717) is 0 Å². The van der Waals surface area contributed by atoms with Crippen LogP contribution in [0.15, 0.2) is 109 Å². The SMILES string of the molecule is O.O=C(O)C1(C(=O)O)C=CC(c2ccccc2)=CC1.c1ccc(-c2ccccc2)cc1. The lowest BCUT2D eigenvalue weighted by Gasteiger charge is -2.23. The molecule has 4 N–H and O–H groups in total. The fourth-order valence-corrected chi connectivity index (χ4v) is 3.15. The van der Waals surface area contributed by atoms with E-state index in [1.54, 1.807) is 12.2 Å². The molecule has 5 nitrogen and oxygen atoms in total. The van der Waals surface area contributed by atoms with Crippen LogP contribution in [0.25, 0.3) is 16.7 Å². The van der Waals surface area contributed by atoms with E-state index in [-0.39, 0.29) is 11.9 Å². The summed E-state index contributed by atoms with van der Waals surface area (Å²) in [5.74, 6) is -2.68. The topological polar surface area (TPSA) is 106 Å². The molecule has 0 amide bonds. The molecule has 0 fully saturated rings. The van der Waals surface area contributed by atoms with Gasteiger partial charge < -0.3 is 15.7 Å². The highest BCUT2D eigenvalue weighted by Gasteiger charge is 2.44. The molecule has 0 unspecified atom stereocenters. The van der Waals surface area contributed by atoms with Gasteiger partial charge in [0.1, 0.15) is 0 Å². The molecule has 3 aromatic carbocycles. The zero-order valence-electron chi connectivity index (χ0n) is 16.8. The van der Waals surface area contributed by atoms with Gasteiger partial charge in [0.2, 0.25) is 0 Å². The maximum absolute atomic E-state index is 11.1. The van der Waals surface area contributed by atoms with Crippen molar-refractivity contribution < 1.29 is 25.3 Å². The predicted molar refractivity (Wildman–Crippen MR) is 121 cm³/mol. The third-order valence-electron chi connectivity index (χ3n) is 4.94. The summed E-state index contributed by atoms with van der Waals surface area (Å²) in [5, 5.41) is 18.1. The van der Waals surface area contributed by atoms with Crippen molar-refractivity contribution in [1.82, 2.24) is 0 Å². The molecular weight excluding hydrogens is 392 g/mol. The quantitative estimate of drug-likeness (QED) is 0.601. The molecule has 3 aromatic rings. The first-order valence-corrected chi connectivity index (χ1v) is 9.55. The van der Waals surface area contributed by atoms with Crippen molar-refractivity contribution in [3.05, 3.63) is 115 Å². The average molecular weight is 416 g/mol. The van der Waals surface area contributed by atoms with Gasteiger partial charge in [0, 0.05) is 0 Å². The summed E-state index contributed by atoms with van der Waals surface area (Å²) >= 11 is 0. The Morgan fingerprint density at radius 2 is 1.03 bits per heavy atom. The molecule has 0 heterocycles. The van der Waals surface area contributed by atoms with Crippen LogP contribution in [0.1, 0.15) is 12.0 Å². The van der Waals surface area contributed by atoms with Gasteiger partial charge in [-0.25, -0.2) is 0 Å². The van der Waals surface area contributed by atoms with Crippen LogP contribution in [-0.4, -0.2) is 27.6 Å². The normalized spacial score (nSPS) is 13.6. The standard InChI is InChI=1S/C14H12O4.C12H10.H2O/c15-12(16)14(13(17)18)8-6-11(7-9-14)10-4-2-1-3-5-10;1-3-7-11(8-4-1)12-9-5-2-6-10-12;/h1-8H,9H2,(H,15,16)(H,17,18);1-10H;1H2. The monoisotopic (exact) mass is 416 g/mol. The van der Waals surface area contributed by atoms with E-state index in [9.17, 15) is 9.59 Å². The minimum atomic E-state index is -1.84. The Bertz CT molecular complexity index is 1000. The highest BCUT2D eigenvalue weighted by molar-refractivity contribution is 6.02. The van der Waals surface area contributed by atoms with Crippen LogP contribution in [0, 0.1) is 5.41 Å². The van der Waals surface area contributed by atoms with Crippen molar-refractivity contribution in [2.24, 2.45) is 5.41 Å². The summed E-state index contributed by atoms with van der Waals surface area (Å²) in [6, 6.07) is 30.2. The van der Waals surface area contributed by atoms with Crippen molar-refractivity contribution in [2.45, 2.75) is 6.42 Å². The Morgan fingerprint density at radius 1 is 0.645 bits per heavy atom. The van der Waals surface area contributed by atoms with Crippen LogP contribution >= 0.6 is 0 Å². The summed E-state index contributed by atoms with van der Waals surface area (Å²) < 4.78 is 0. The van der Waals surface area contributed by atoms with Gasteiger partial charge in [-0.2, -0.15) is 0 Å². The molecule has 5 heteroatoms. The molecule has 31 heavy (non-hydrogen) atoms. The number of carboxylic acids is 2. The first kappa shape index (κ1) is 23.3. The number of benzene rings is 3. The van der Waals surface area contributed by atoms with Crippen LogP contribution < -0.4 is 0 Å². The Balaban J connectivity index is 0.000000229. The summed E-state index contributed by atoms with van der Waals surface area (Å²) in [6.07, 6.45) is 4.41. The minimum absolute atomic E-state index is 0. The van der Waals surface area contributed by atoms with Gasteiger partial charge in [0.25, 0.3) is 0 Å². The molecule has 0 spiro atoms. The lowest BCUT2D eigenvalue weighted by atomic mass is 9.79. The lowest BCUT2D eigenvalue weighted by Crippen LogP contribution is -2.38. The lowest BCUT2D eigenvalue weighted by molar-refractivity contribution is -0.160. The van der Waals surface area contributed by atoms with Gasteiger partial charge in [0.05, 0.1) is 0 Å². The second kappa shape index (κ2) is 10.7. The highest BCUT2D eigenvalue weighted by atomic mass is 16.4. The number of rotatable bonds is 4. The van der Waals surface area contributed by atoms with Crippen molar-refractivity contribution in [1.29, 1.82) is 0 Å². The second-order valence-corrected chi connectivity index (χ2v) is 6.88. The first-order chi connectivity index (χ1) is 14.5. The Kier molecular flexibility index (Phi) is 8.06. The van der Waals surface area contributed by atoms with Crippen LogP contribution in [0.3, 0.4) is 0 Å². The number of hydrogen-bond donors (Lipinski definition) is 2. The van der Waals surface area contributed by atoms with E-state index in [1.807, 2.05) is 42.5 Å². The van der Waals surface area contributed by atoms with Crippen LogP contribution in [0.2, 0.25) is 0 Å². The van der Waals surface area contributed by atoms with Gasteiger partial charge in [-0.15, -0.1) is 0 Å². The van der Waals surface area contributed by atoms with E-state index in [0.717, 1.165) is 11.1 Å². The number of carboxylic acid groups (broad SMARTS) is 2. The molecule has 1 aliphatic rings. The zero-order chi connectivity index (χ0) is 21.4.